The highest BCUT2D eigenvalue weighted by atomic mass is 16.1. The molecule has 1 aromatic carbocycles. The molecule has 0 aliphatic carbocycles. The van der Waals surface area contributed by atoms with E-state index >= 15 is 0 Å². The zero-order chi connectivity index (χ0) is 9.10. The van der Waals surface area contributed by atoms with Crippen LogP contribution in [-0.2, 0) is 4.79 Å². The Balaban J connectivity index is 2.26. The van der Waals surface area contributed by atoms with Gasteiger partial charge in [0.1, 0.15) is 12.3 Å². The van der Waals surface area contributed by atoms with Crippen LogP contribution in [0.1, 0.15) is 6.42 Å². The molecule has 1 heterocycles. The van der Waals surface area contributed by atoms with Crippen LogP contribution in [0.15, 0.2) is 35.4 Å². The summed E-state index contributed by atoms with van der Waals surface area (Å²) in [4.78, 5) is 10.7. The minimum atomic E-state index is -0.123. The van der Waals surface area contributed by atoms with Crippen LogP contribution in [0.25, 0.3) is 0 Å². The summed E-state index contributed by atoms with van der Waals surface area (Å²) in [6.45, 7) is 0. The quantitative estimate of drug-likeness (QED) is 0.636. The molecule has 0 radical (unpaired) electrons. The third-order valence-electron chi connectivity index (χ3n) is 2.04. The number of aldehydes is 1. The van der Waals surface area contributed by atoms with Crippen molar-refractivity contribution >= 4 is 18.2 Å². The summed E-state index contributed by atoms with van der Waals surface area (Å²) >= 11 is 0. The van der Waals surface area contributed by atoms with Crippen LogP contribution < -0.4 is 5.01 Å². The average Bonchev–Trinajstić information content (AvgIpc) is 2.67. The Hall–Kier alpha value is -1.64. The van der Waals surface area contributed by atoms with Crippen molar-refractivity contribution in [2.45, 2.75) is 12.5 Å². The third-order valence-corrected chi connectivity index (χ3v) is 2.04. The minimum absolute atomic E-state index is 0.123. The second kappa shape index (κ2) is 3.39. The summed E-state index contributed by atoms with van der Waals surface area (Å²) in [6.07, 6.45) is 3.41. The second-order valence-corrected chi connectivity index (χ2v) is 2.92. The number of hydrogen-bond donors (Lipinski definition) is 0. The number of nitrogens with zero attached hydrogens (tertiary/aromatic N) is 2. The number of anilines is 1. The molecule has 1 aliphatic heterocycles. The van der Waals surface area contributed by atoms with Crippen LogP contribution in [0.3, 0.4) is 0 Å². The van der Waals surface area contributed by atoms with Crippen molar-refractivity contribution in [3.8, 4) is 0 Å². The van der Waals surface area contributed by atoms with E-state index in [9.17, 15) is 4.79 Å². The maximum atomic E-state index is 10.7. The van der Waals surface area contributed by atoms with Crippen molar-refractivity contribution in [3.05, 3.63) is 30.3 Å². The normalized spacial score (nSPS) is 20.6. The second-order valence-electron chi connectivity index (χ2n) is 2.92. The molecule has 1 atom stereocenters. The number of para-hydroxylation sites is 1. The van der Waals surface area contributed by atoms with Gasteiger partial charge >= 0.3 is 0 Å². The van der Waals surface area contributed by atoms with Crippen LogP contribution in [-0.4, -0.2) is 18.5 Å². The molecule has 0 amide bonds. The van der Waals surface area contributed by atoms with Gasteiger partial charge in [0.15, 0.2) is 0 Å². The zero-order valence-electron chi connectivity index (χ0n) is 7.13. The van der Waals surface area contributed by atoms with Crippen LogP contribution in [0, 0.1) is 0 Å². The molecule has 0 spiro atoms. The van der Waals surface area contributed by atoms with Crippen molar-refractivity contribution in [2.24, 2.45) is 5.10 Å². The van der Waals surface area contributed by atoms with E-state index in [1.807, 2.05) is 30.3 Å². The minimum Gasteiger partial charge on any atom is -0.301 e. The molecule has 0 saturated heterocycles. The van der Waals surface area contributed by atoms with Gasteiger partial charge in [-0.1, -0.05) is 18.2 Å². The molecule has 0 aromatic heterocycles. The van der Waals surface area contributed by atoms with E-state index in [-0.39, 0.29) is 6.04 Å². The molecular weight excluding hydrogens is 164 g/mol. The van der Waals surface area contributed by atoms with E-state index in [4.69, 9.17) is 0 Å². The number of rotatable bonds is 2. The molecule has 66 valence electrons. The Morgan fingerprint density at radius 1 is 1.38 bits per heavy atom. The van der Waals surface area contributed by atoms with Crippen LogP contribution >= 0.6 is 0 Å². The molecule has 0 fully saturated rings. The van der Waals surface area contributed by atoms with E-state index in [0.717, 1.165) is 12.0 Å². The van der Waals surface area contributed by atoms with Gasteiger partial charge < -0.3 is 4.79 Å². The largest absolute Gasteiger partial charge is 0.301 e. The Morgan fingerprint density at radius 2 is 2.15 bits per heavy atom. The first-order chi connectivity index (χ1) is 6.42. The van der Waals surface area contributed by atoms with Gasteiger partial charge in [-0.15, -0.1) is 0 Å². The van der Waals surface area contributed by atoms with E-state index in [2.05, 4.69) is 5.10 Å². The number of carbonyl (C=O) groups excluding carboxylic acids is 1. The van der Waals surface area contributed by atoms with E-state index < -0.39 is 0 Å². The van der Waals surface area contributed by atoms with Crippen LogP contribution in [0.5, 0.6) is 0 Å². The van der Waals surface area contributed by atoms with Gasteiger partial charge in [-0.2, -0.15) is 5.10 Å². The molecule has 3 nitrogen and oxygen atoms in total. The molecule has 1 unspecified atom stereocenters. The summed E-state index contributed by atoms with van der Waals surface area (Å²) in [7, 11) is 0. The van der Waals surface area contributed by atoms with Crippen LogP contribution in [0.4, 0.5) is 5.69 Å². The van der Waals surface area contributed by atoms with Crippen molar-refractivity contribution in [3.63, 3.8) is 0 Å². The Kier molecular flexibility index (Phi) is 2.08. The van der Waals surface area contributed by atoms with Crippen molar-refractivity contribution in [1.29, 1.82) is 0 Å². The van der Waals surface area contributed by atoms with Gasteiger partial charge in [0, 0.05) is 12.6 Å². The lowest BCUT2D eigenvalue weighted by Gasteiger charge is -2.18. The highest BCUT2D eigenvalue weighted by molar-refractivity contribution is 5.77. The first-order valence-electron chi connectivity index (χ1n) is 4.24. The van der Waals surface area contributed by atoms with Gasteiger partial charge in [-0.3, -0.25) is 5.01 Å². The monoisotopic (exact) mass is 174 g/mol. The molecule has 0 bridgehead atoms. The van der Waals surface area contributed by atoms with Crippen molar-refractivity contribution in [1.82, 2.24) is 0 Å². The molecule has 13 heavy (non-hydrogen) atoms. The zero-order valence-corrected chi connectivity index (χ0v) is 7.13. The fourth-order valence-corrected chi connectivity index (χ4v) is 1.38. The first-order valence-corrected chi connectivity index (χ1v) is 4.24. The highest BCUT2D eigenvalue weighted by Gasteiger charge is 2.20. The van der Waals surface area contributed by atoms with Gasteiger partial charge in [-0.25, -0.2) is 0 Å². The predicted molar refractivity (Wildman–Crippen MR) is 51.9 cm³/mol. The average molecular weight is 174 g/mol. The number of benzene rings is 1. The maximum absolute atomic E-state index is 10.7. The summed E-state index contributed by atoms with van der Waals surface area (Å²) in [5.41, 5.74) is 0.966. The molecular formula is C10H10N2O. The fourth-order valence-electron chi connectivity index (χ4n) is 1.38. The fraction of sp³-hybridized carbons (Fsp3) is 0.200. The Bertz CT molecular complexity index is 321. The van der Waals surface area contributed by atoms with Crippen molar-refractivity contribution in [2.75, 3.05) is 5.01 Å². The Morgan fingerprint density at radius 3 is 2.85 bits per heavy atom. The van der Waals surface area contributed by atoms with E-state index in [0.29, 0.717) is 6.42 Å². The summed E-state index contributed by atoms with van der Waals surface area (Å²) in [6, 6.07) is 9.58. The number of hydrazone groups is 1. The molecule has 3 heteroatoms. The molecule has 0 saturated carbocycles. The van der Waals surface area contributed by atoms with Gasteiger partial charge in [-0.05, 0) is 12.1 Å². The van der Waals surface area contributed by atoms with Gasteiger partial charge in [0.05, 0.1) is 5.69 Å². The lowest BCUT2D eigenvalue weighted by Crippen LogP contribution is -2.27. The summed E-state index contributed by atoms with van der Waals surface area (Å²) < 4.78 is 0. The SMILES string of the molecule is O=CC1CC=NN1c1ccccc1. The third kappa shape index (κ3) is 1.45. The molecule has 0 N–H and O–H groups in total. The number of hydrogen-bond acceptors (Lipinski definition) is 3. The number of carbonyl (C=O) groups is 1. The highest BCUT2D eigenvalue weighted by Crippen LogP contribution is 2.20. The summed E-state index contributed by atoms with van der Waals surface area (Å²) in [5.74, 6) is 0. The van der Waals surface area contributed by atoms with Crippen molar-refractivity contribution < 1.29 is 4.79 Å². The predicted octanol–water partition coefficient (Wildman–Crippen LogP) is 1.45. The first kappa shape index (κ1) is 7.98. The topological polar surface area (TPSA) is 32.7 Å². The molecule has 1 aliphatic rings. The summed E-state index contributed by atoms with van der Waals surface area (Å²) in [5, 5.41) is 5.88. The standard InChI is InChI=1S/C10H10N2O/c13-8-10-6-7-11-12(10)9-4-2-1-3-5-9/h1-5,7-8,10H,6H2. The molecule has 1 aromatic rings. The van der Waals surface area contributed by atoms with Crippen LogP contribution in [0.2, 0.25) is 0 Å². The Labute approximate surface area is 76.7 Å². The lowest BCUT2D eigenvalue weighted by atomic mass is 10.2. The maximum Gasteiger partial charge on any atom is 0.144 e. The van der Waals surface area contributed by atoms with E-state index in [1.165, 1.54) is 0 Å². The van der Waals surface area contributed by atoms with E-state index in [1.54, 1.807) is 11.2 Å². The van der Waals surface area contributed by atoms with Gasteiger partial charge in [0.25, 0.3) is 0 Å². The lowest BCUT2D eigenvalue weighted by molar-refractivity contribution is -0.108. The molecule has 2 rings (SSSR count). The van der Waals surface area contributed by atoms with Gasteiger partial charge in [0.2, 0.25) is 0 Å². The smallest absolute Gasteiger partial charge is 0.144 e.